The fourth-order valence-corrected chi connectivity index (χ4v) is 3.08. The van der Waals surface area contributed by atoms with Gasteiger partial charge in [-0.1, -0.05) is 0 Å². The highest BCUT2D eigenvalue weighted by Gasteiger charge is 2.34. The van der Waals surface area contributed by atoms with Gasteiger partial charge in [-0.15, -0.1) is 0 Å². The van der Waals surface area contributed by atoms with Crippen LogP contribution in [0, 0.1) is 5.92 Å². The van der Waals surface area contributed by atoms with Gasteiger partial charge in [0.25, 0.3) is 5.91 Å². The number of benzene rings is 1. The van der Waals surface area contributed by atoms with Gasteiger partial charge >= 0.3 is 0 Å². The summed E-state index contributed by atoms with van der Waals surface area (Å²) in [5.74, 6) is 1.61. The van der Waals surface area contributed by atoms with Crippen LogP contribution in [0.15, 0.2) is 18.2 Å². The van der Waals surface area contributed by atoms with Crippen molar-refractivity contribution in [3.63, 3.8) is 0 Å². The van der Waals surface area contributed by atoms with Crippen molar-refractivity contribution < 1.29 is 19.1 Å². The maximum absolute atomic E-state index is 12.8. The Morgan fingerprint density at radius 3 is 2.29 bits per heavy atom. The second kappa shape index (κ2) is 7.11. The molecule has 0 bridgehead atoms. The molecular formula is C18H24N2O4. The molecule has 1 saturated carbocycles. The van der Waals surface area contributed by atoms with Crippen LogP contribution in [0.25, 0.3) is 0 Å². The van der Waals surface area contributed by atoms with E-state index in [4.69, 9.17) is 9.47 Å². The van der Waals surface area contributed by atoms with Gasteiger partial charge in [-0.3, -0.25) is 9.59 Å². The van der Waals surface area contributed by atoms with Crippen LogP contribution in [0.3, 0.4) is 0 Å². The molecule has 1 aromatic carbocycles. The SMILES string of the molecule is COc1ccc(C(=O)N2CCCN(C(=O)C3CC3)CC2)cc1OC. The molecule has 1 aromatic rings. The lowest BCUT2D eigenvalue weighted by Crippen LogP contribution is -2.38. The highest BCUT2D eigenvalue weighted by atomic mass is 16.5. The lowest BCUT2D eigenvalue weighted by molar-refractivity contribution is -0.132. The van der Waals surface area contributed by atoms with Gasteiger partial charge < -0.3 is 19.3 Å². The molecule has 0 aromatic heterocycles. The molecule has 2 aliphatic rings. The zero-order valence-electron chi connectivity index (χ0n) is 14.3. The van der Waals surface area contributed by atoms with E-state index < -0.39 is 0 Å². The summed E-state index contributed by atoms with van der Waals surface area (Å²) in [6, 6.07) is 5.20. The summed E-state index contributed by atoms with van der Waals surface area (Å²) in [5.41, 5.74) is 0.578. The molecule has 0 unspecified atom stereocenters. The van der Waals surface area contributed by atoms with Crippen molar-refractivity contribution in [2.75, 3.05) is 40.4 Å². The Morgan fingerprint density at radius 2 is 1.62 bits per heavy atom. The molecule has 1 saturated heterocycles. The number of nitrogens with zero attached hydrogens (tertiary/aromatic N) is 2. The second-order valence-corrected chi connectivity index (χ2v) is 6.32. The van der Waals surface area contributed by atoms with Gasteiger partial charge in [0.2, 0.25) is 5.91 Å². The van der Waals surface area contributed by atoms with Crippen molar-refractivity contribution in [1.82, 2.24) is 9.80 Å². The van der Waals surface area contributed by atoms with E-state index in [2.05, 4.69) is 0 Å². The average molecular weight is 332 g/mol. The number of ether oxygens (including phenoxy) is 2. The fourth-order valence-electron chi connectivity index (χ4n) is 3.08. The number of amides is 2. The van der Waals surface area contributed by atoms with E-state index >= 15 is 0 Å². The molecule has 2 amide bonds. The van der Waals surface area contributed by atoms with Gasteiger partial charge in [-0.2, -0.15) is 0 Å². The van der Waals surface area contributed by atoms with Crippen molar-refractivity contribution in [1.29, 1.82) is 0 Å². The summed E-state index contributed by atoms with van der Waals surface area (Å²) in [6.07, 6.45) is 2.85. The minimum atomic E-state index is -0.0309. The Kier molecular flexibility index (Phi) is 4.92. The fraction of sp³-hybridized carbons (Fsp3) is 0.556. The lowest BCUT2D eigenvalue weighted by atomic mass is 10.1. The van der Waals surface area contributed by atoms with Crippen molar-refractivity contribution in [2.45, 2.75) is 19.3 Å². The highest BCUT2D eigenvalue weighted by molar-refractivity contribution is 5.95. The quantitative estimate of drug-likeness (QED) is 0.843. The number of hydrogen-bond acceptors (Lipinski definition) is 4. The van der Waals surface area contributed by atoms with Crippen molar-refractivity contribution in [3.8, 4) is 11.5 Å². The summed E-state index contributed by atoms with van der Waals surface area (Å²) in [5, 5.41) is 0. The van der Waals surface area contributed by atoms with Gasteiger partial charge in [0.15, 0.2) is 11.5 Å². The largest absolute Gasteiger partial charge is 0.493 e. The van der Waals surface area contributed by atoms with Crippen molar-refractivity contribution in [3.05, 3.63) is 23.8 Å². The predicted octanol–water partition coefficient (Wildman–Crippen LogP) is 1.79. The summed E-state index contributed by atoms with van der Waals surface area (Å²) >= 11 is 0. The molecule has 0 N–H and O–H groups in total. The van der Waals surface area contributed by atoms with E-state index in [9.17, 15) is 9.59 Å². The van der Waals surface area contributed by atoms with Crippen LogP contribution in [0.1, 0.15) is 29.6 Å². The first-order chi connectivity index (χ1) is 11.6. The second-order valence-electron chi connectivity index (χ2n) is 6.32. The third kappa shape index (κ3) is 3.47. The van der Waals surface area contributed by atoms with Crippen LogP contribution < -0.4 is 9.47 Å². The van der Waals surface area contributed by atoms with Gasteiger partial charge in [0.05, 0.1) is 14.2 Å². The monoisotopic (exact) mass is 332 g/mol. The summed E-state index contributed by atoms with van der Waals surface area (Å²) in [4.78, 5) is 28.7. The van der Waals surface area contributed by atoms with Crippen LogP contribution in [0.4, 0.5) is 0 Å². The molecule has 130 valence electrons. The Morgan fingerprint density at radius 1 is 0.958 bits per heavy atom. The van der Waals surface area contributed by atoms with Crippen LogP contribution >= 0.6 is 0 Å². The van der Waals surface area contributed by atoms with E-state index in [-0.39, 0.29) is 17.7 Å². The molecule has 0 spiro atoms. The van der Waals surface area contributed by atoms with Crippen LogP contribution in [0.2, 0.25) is 0 Å². The summed E-state index contributed by atoms with van der Waals surface area (Å²) in [7, 11) is 3.12. The van der Waals surface area contributed by atoms with E-state index in [0.717, 1.165) is 25.8 Å². The minimum absolute atomic E-state index is 0.0309. The van der Waals surface area contributed by atoms with Gasteiger partial charge in [0.1, 0.15) is 0 Å². The zero-order chi connectivity index (χ0) is 17.1. The Hall–Kier alpha value is -2.24. The van der Waals surface area contributed by atoms with E-state index in [1.54, 1.807) is 32.4 Å². The molecule has 0 radical (unpaired) electrons. The molecule has 24 heavy (non-hydrogen) atoms. The first-order valence-electron chi connectivity index (χ1n) is 8.44. The zero-order valence-corrected chi connectivity index (χ0v) is 14.3. The molecule has 0 atom stereocenters. The van der Waals surface area contributed by atoms with E-state index in [0.29, 0.717) is 36.7 Å². The highest BCUT2D eigenvalue weighted by Crippen LogP contribution is 2.31. The molecule has 6 heteroatoms. The molecule has 6 nitrogen and oxygen atoms in total. The number of carbonyl (C=O) groups is 2. The Bertz CT molecular complexity index is 627. The Balaban J connectivity index is 1.67. The Labute approximate surface area is 142 Å². The van der Waals surface area contributed by atoms with Crippen LogP contribution in [-0.4, -0.2) is 62.0 Å². The first kappa shape index (κ1) is 16.6. The first-order valence-corrected chi connectivity index (χ1v) is 8.44. The lowest BCUT2D eigenvalue weighted by Gasteiger charge is -2.22. The van der Waals surface area contributed by atoms with Crippen molar-refractivity contribution in [2.24, 2.45) is 5.92 Å². The topological polar surface area (TPSA) is 59.1 Å². The maximum Gasteiger partial charge on any atom is 0.254 e. The maximum atomic E-state index is 12.8. The molecule has 2 fully saturated rings. The van der Waals surface area contributed by atoms with Gasteiger partial charge in [0, 0.05) is 37.7 Å². The number of rotatable bonds is 4. The third-order valence-corrected chi connectivity index (χ3v) is 4.65. The molecule has 1 aliphatic heterocycles. The third-order valence-electron chi connectivity index (χ3n) is 4.65. The van der Waals surface area contributed by atoms with E-state index in [1.165, 1.54) is 0 Å². The van der Waals surface area contributed by atoms with Crippen LogP contribution in [0.5, 0.6) is 11.5 Å². The predicted molar refractivity (Wildman–Crippen MR) is 89.4 cm³/mol. The van der Waals surface area contributed by atoms with E-state index in [1.807, 2.05) is 9.80 Å². The van der Waals surface area contributed by atoms with Gasteiger partial charge in [-0.05, 0) is 37.5 Å². The number of methoxy groups -OCH3 is 2. The standard InChI is InChI=1S/C18H24N2O4/c1-23-15-7-6-14(12-16(15)24-2)18(22)20-9-3-8-19(10-11-20)17(21)13-4-5-13/h6-7,12-13H,3-5,8-11H2,1-2H3. The number of hydrogen-bond donors (Lipinski definition) is 0. The number of carbonyl (C=O) groups excluding carboxylic acids is 2. The molecular weight excluding hydrogens is 308 g/mol. The summed E-state index contributed by atoms with van der Waals surface area (Å²) in [6.45, 7) is 2.60. The minimum Gasteiger partial charge on any atom is -0.493 e. The average Bonchev–Trinajstić information content (AvgIpc) is 3.46. The smallest absolute Gasteiger partial charge is 0.254 e. The van der Waals surface area contributed by atoms with Gasteiger partial charge in [-0.25, -0.2) is 0 Å². The normalized spacial score (nSPS) is 18.1. The summed E-state index contributed by atoms with van der Waals surface area (Å²) < 4.78 is 10.5. The molecule has 1 heterocycles. The molecule has 1 aliphatic carbocycles. The van der Waals surface area contributed by atoms with Crippen LogP contribution in [-0.2, 0) is 4.79 Å². The van der Waals surface area contributed by atoms with Crippen molar-refractivity contribution >= 4 is 11.8 Å². The molecule has 3 rings (SSSR count).